The van der Waals surface area contributed by atoms with Gasteiger partial charge in [0.15, 0.2) is 0 Å². The summed E-state index contributed by atoms with van der Waals surface area (Å²) < 4.78 is 15.4. The average Bonchev–Trinajstić information content (AvgIpc) is 3.74. The monoisotopic (exact) mass is 640 g/mol. The maximum absolute atomic E-state index is 13.4. The number of H-pyrrole nitrogens is 2. The van der Waals surface area contributed by atoms with Crippen molar-refractivity contribution in [3.05, 3.63) is 68.8 Å². The Balaban J connectivity index is 2.02. The summed E-state index contributed by atoms with van der Waals surface area (Å²) in [5.74, 6) is -1.75. The number of methoxy groups -OCH3 is 3. The maximum Gasteiger partial charge on any atom is 0.340 e. The van der Waals surface area contributed by atoms with Crippen molar-refractivity contribution < 1.29 is 28.6 Å². The molecular weight excluding hydrogens is 596 g/mol. The van der Waals surface area contributed by atoms with Crippen LogP contribution in [0.2, 0.25) is 0 Å². The van der Waals surface area contributed by atoms with Crippen LogP contribution < -0.4 is 0 Å². The normalized spacial score (nSPS) is 15.9. The van der Waals surface area contributed by atoms with Crippen molar-refractivity contribution in [3.63, 3.8) is 0 Å². The van der Waals surface area contributed by atoms with Crippen LogP contribution in [0.4, 0.5) is 0 Å². The van der Waals surface area contributed by atoms with E-state index in [-0.39, 0.29) is 30.6 Å². The number of hydrogen-bond donors (Lipinski definition) is 2. The number of carbonyl (C=O) groups is 3. The number of aromatic nitrogens is 4. The summed E-state index contributed by atoms with van der Waals surface area (Å²) in [7, 11) is 4.04. The third-order valence-corrected chi connectivity index (χ3v) is 9.80. The van der Waals surface area contributed by atoms with Crippen LogP contribution in [0.3, 0.4) is 0 Å². The number of nitrogens with zero attached hydrogens (tertiary/aromatic N) is 2. The molecule has 2 atom stereocenters. The molecule has 3 aromatic heterocycles. The van der Waals surface area contributed by atoms with Gasteiger partial charge in [0.1, 0.15) is 0 Å². The number of fused-ring (bicyclic) bond motifs is 8. The van der Waals surface area contributed by atoms with Gasteiger partial charge in [-0.25, -0.2) is 9.78 Å². The molecule has 2 aliphatic heterocycles. The Labute approximate surface area is 275 Å². The first-order chi connectivity index (χ1) is 22.5. The van der Waals surface area contributed by atoms with Gasteiger partial charge in [0.05, 0.1) is 55.9 Å². The molecule has 248 valence electrons. The van der Waals surface area contributed by atoms with Gasteiger partial charge in [0.2, 0.25) is 0 Å². The minimum Gasteiger partial charge on any atom is -0.469 e. The lowest BCUT2D eigenvalue weighted by Gasteiger charge is -2.18. The van der Waals surface area contributed by atoms with Gasteiger partial charge < -0.3 is 24.2 Å². The van der Waals surface area contributed by atoms with E-state index in [0.29, 0.717) is 39.8 Å². The Morgan fingerprint density at radius 2 is 1.49 bits per heavy atom. The van der Waals surface area contributed by atoms with Gasteiger partial charge in [0.25, 0.3) is 0 Å². The number of nitrogens with one attached hydrogen (secondary N) is 2. The van der Waals surface area contributed by atoms with Crippen molar-refractivity contribution in [2.45, 2.75) is 85.5 Å². The minimum absolute atomic E-state index is 0.129. The smallest absolute Gasteiger partial charge is 0.340 e. The Hall–Kier alpha value is -4.73. The number of aromatic amines is 2. The quantitative estimate of drug-likeness (QED) is 0.195. The Bertz CT molecular complexity index is 1960. The summed E-state index contributed by atoms with van der Waals surface area (Å²) in [6.45, 7) is 12.4. The van der Waals surface area contributed by atoms with E-state index >= 15 is 0 Å². The van der Waals surface area contributed by atoms with Crippen LogP contribution in [0.5, 0.6) is 0 Å². The van der Waals surface area contributed by atoms with E-state index in [1.54, 1.807) is 0 Å². The van der Waals surface area contributed by atoms with Crippen molar-refractivity contribution in [1.82, 2.24) is 19.9 Å². The third kappa shape index (κ3) is 6.08. The summed E-state index contributed by atoms with van der Waals surface area (Å²) in [5.41, 5.74) is 12.2. The lowest BCUT2D eigenvalue weighted by atomic mass is 9.85. The highest BCUT2D eigenvalue weighted by atomic mass is 16.5. The van der Waals surface area contributed by atoms with Crippen LogP contribution in [-0.4, -0.2) is 59.2 Å². The number of ether oxygens (including phenoxy) is 3. The summed E-state index contributed by atoms with van der Waals surface area (Å²) in [6, 6.07) is 6.14. The molecule has 0 aromatic carbocycles. The highest BCUT2D eigenvalue weighted by Crippen LogP contribution is 2.43. The van der Waals surface area contributed by atoms with Crippen LogP contribution in [0, 0.1) is 13.8 Å². The van der Waals surface area contributed by atoms with Crippen molar-refractivity contribution in [3.8, 4) is 0 Å². The van der Waals surface area contributed by atoms with Crippen molar-refractivity contribution in [2.75, 3.05) is 21.3 Å². The van der Waals surface area contributed by atoms with Gasteiger partial charge in [-0.05, 0) is 86.1 Å². The minimum atomic E-state index is -0.537. The Morgan fingerprint density at radius 1 is 0.787 bits per heavy atom. The second-order valence-corrected chi connectivity index (χ2v) is 12.3. The Kier molecular flexibility index (Phi) is 9.70. The molecular formula is C37H44N4O6. The van der Waals surface area contributed by atoms with Gasteiger partial charge in [-0.2, -0.15) is 0 Å². The summed E-state index contributed by atoms with van der Waals surface area (Å²) in [5, 5.41) is 0. The summed E-state index contributed by atoms with van der Waals surface area (Å²) >= 11 is 0. The zero-order valence-corrected chi connectivity index (χ0v) is 28.8. The van der Waals surface area contributed by atoms with Crippen LogP contribution in [-0.2, 0) is 36.6 Å². The van der Waals surface area contributed by atoms with Crippen molar-refractivity contribution in [1.29, 1.82) is 0 Å². The molecule has 0 aliphatic carbocycles. The molecule has 2 aliphatic rings. The van der Waals surface area contributed by atoms with E-state index in [2.05, 4.69) is 50.7 Å². The van der Waals surface area contributed by atoms with Gasteiger partial charge in [-0.3, -0.25) is 14.6 Å². The molecule has 2 N–H and O–H groups in total. The number of allylic oxidation sites excluding steroid dienone is 2. The molecule has 0 fully saturated rings. The van der Waals surface area contributed by atoms with E-state index in [1.807, 2.05) is 19.1 Å². The second kappa shape index (κ2) is 13.6. The molecule has 0 spiro atoms. The molecule has 0 amide bonds. The number of carbonyl (C=O) groups excluding carboxylic acids is 3. The predicted octanol–water partition coefficient (Wildman–Crippen LogP) is 7.18. The molecule has 10 heteroatoms. The topological polar surface area (TPSA) is 136 Å². The molecule has 8 bridgehead atoms. The zero-order valence-electron chi connectivity index (χ0n) is 28.8. The van der Waals surface area contributed by atoms with E-state index in [9.17, 15) is 14.4 Å². The van der Waals surface area contributed by atoms with Gasteiger partial charge in [-0.15, -0.1) is 0 Å². The highest BCUT2D eigenvalue weighted by Gasteiger charge is 2.34. The van der Waals surface area contributed by atoms with Crippen LogP contribution in [0.1, 0.15) is 114 Å². The van der Waals surface area contributed by atoms with E-state index in [0.717, 1.165) is 57.7 Å². The Morgan fingerprint density at radius 3 is 2.13 bits per heavy atom. The van der Waals surface area contributed by atoms with E-state index in [1.165, 1.54) is 26.9 Å². The fraction of sp³-hybridized carbons (Fsp3) is 0.432. The highest BCUT2D eigenvalue weighted by molar-refractivity contribution is 6.03. The van der Waals surface area contributed by atoms with E-state index < -0.39 is 11.9 Å². The first-order valence-electron chi connectivity index (χ1n) is 16.2. The SMILES string of the molecule is CCC1=C(C)c2cc3nc(c(CC(=O)OC)c4[nH]c(cc5[nH]c(cc1n2)c(C)c5CC)c(C)c4C(=O)OC)[C@H](CCC(=O)OC)[C@H]3C. The zero-order chi connectivity index (χ0) is 34.2. The van der Waals surface area contributed by atoms with Gasteiger partial charge in [-0.1, -0.05) is 20.8 Å². The lowest BCUT2D eigenvalue weighted by molar-refractivity contribution is -0.141. The summed E-state index contributed by atoms with van der Waals surface area (Å²) in [4.78, 5) is 56.2. The molecule has 0 radical (unpaired) electrons. The molecule has 0 saturated carbocycles. The standard InChI is InChI=1S/C37H44N4O6/c1-10-22-18(3)26-15-28-20(5)24(12-13-32(42)45-7)35(40-28)25(14-33(43)46-8)36-34(37(44)47-9)21(6)29(41-36)17-31-23(11-2)19(4)27(39-31)16-30(22)38-26/h15-17,20,24,39,41H,10-14H2,1-9H3/t20-,24-/m1/s1. The van der Waals surface area contributed by atoms with Crippen LogP contribution in [0.15, 0.2) is 18.2 Å². The molecule has 5 heterocycles. The third-order valence-electron chi connectivity index (χ3n) is 9.80. The first-order valence-corrected chi connectivity index (χ1v) is 16.2. The van der Waals surface area contributed by atoms with Crippen molar-refractivity contribution in [2.24, 2.45) is 0 Å². The fourth-order valence-corrected chi connectivity index (χ4v) is 7.01. The van der Waals surface area contributed by atoms with Crippen LogP contribution >= 0.6 is 0 Å². The number of aryl methyl sites for hydroxylation is 3. The molecule has 0 unspecified atom stereocenters. The molecule has 47 heavy (non-hydrogen) atoms. The average molecular weight is 641 g/mol. The van der Waals surface area contributed by atoms with Gasteiger partial charge in [0, 0.05) is 46.1 Å². The molecule has 0 saturated heterocycles. The second-order valence-electron chi connectivity index (χ2n) is 12.3. The van der Waals surface area contributed by atoms with Gasteiger partial charge >= 0.3 is 17.9 Å². The number of rotatable bonds is 8. The number of esters is 3. The number of hydrogen-bond acceptors (Lipinski definition) is 8. The maximum atomic E-state index is 13.4. The molecule has 5 rings (SSSR count). The lowest BCUT2D eigenvalue weighted by Crippen LogP contribution is -2.13. The predicted molar refractivity (Wildman–Crippen MR) is 182 cm³/mol. The first kappa shape index (κ1) is 33.6. The summed E-state index contributed by atoms with van der Waals surface area (Å²) in [6.07, 6.45) is 2.05. The molecule has 10 nitrogen and oxygen atoms in total. The van der Waals surface area contributed by atoms with Crippen molar-refractivity contribution >= 4 is 51.1 Å². The fourth-order valence-electron chi connectivity index (χ4n) is 7.01. The van der Waals surface area contributed by atoms with Crippen LogP contribution in [0.25, 0.3) is 33.2 Å². The molecule has 3 aromatic rings. The largest absolute Gasteiger partial charge is 0.469 e. The van der Waals surface area contributed by atoms with E-state index in [4.69, 9.17) is 24.2 Å².